The van der Waals surface area contributed by atoms with Gasteiger partial charge in [-0.25, -0.2) is 0 Å². The van der Waals surface area contributed by atoms with E-state index in [9.17, 15) is 0 Å². The van der Waals surface area contributed by atoms with Crippen molar-refractivity contribution in [1.82, 2.24) is 0 Å². The molecule has 0 aromatic rings. The molecule has 0 aromatic carbocycles. The van der Waals surface area contributed by atoms with E-state index in [0.29, 0.717) is 10.8 Å². The fourth-order valence-corrected chi connectivity index (χ4v) is 5.94. The molecule has 0 unspecified atom stereocenters. The van der Waals surface area contributed by atoms with Crippen molar-refractivity contribution in [1.29, 1.82) is 0 Å². The van der Waals surface area contributed by atoms with Crippen molar-refractivity contribution < 1.29 is 4.74 Å². The Hall–Kier alpha value is -0.980. The third-order valence-corrected chi connectivity index (χ3v) is 7.32. The fraction of sp³-hybridized carbons (Fsp3) is 0.700. The van der Waals surface area contributed by atoms with Crippen LogP contribution in [0.4, 0.5) is 0 Å². The third-order valence-electron chi connectivity index (χ3n) is 7.32. The Kier molecular flexibility index (Phi) is 2.93. The Morgan fingerprint density at radius 3 is 2.81 bits per heavy atom. The summed E-state index contributed by atoms with van der Waals surface area (Å²) in [6, 6.07) is 0. The zero-order valence-corrected chi connectivity index (χ0v) is 13.7. The van der Waals surface area contributed by atoms with Gasteiger partial charge in [-0.3, -0.25) is 0 Å². The molecule has 0 aliphatic heterocycles. The second kappa shape index (κ2) is 4.51. The largest absolute Gasteiger partial charge is 0.501 e. The van der Waals surface area contributed by atoms with E-state index in [2.05, 4.69) is 38.2 Å². The summed E-state index contributed by atoms with van der Waals surface area (Å²) in [6.07, 6.45) is 17.7. The first-order valence-electron chi connectivity index (χ1n) is 8.70. The molecule has 0 saturated heterocycles. The number of hydrogen-bond acceptors (Lipinski definition) is 1. The number of allylic oxidation sites excluding steroid dienone is 6. The number of methoxy groups -OCH3 is 1. The number of fused-ring (bicyclic) bond motifs is 5. The average Bonchev–Trinajstić information content (AvgIpc) is 2.88. The van der Waals surface area contributed by atoms with E-state index in [1.54, 1.807) is 5.57 Å². The lowest BCUT2D eigenvalue weighted by Crippen LogP contribution is -2.48. The maximum absolute atomic E-state index is 5.52. The molecule has 0 bridgehead atoms. The van der Waals surface area contributed by atoms with Gasteiger partial charge in [0.05, 0.1) is 12.9 Å². The van der Waals surface area contributed by atoms with E-state index in [-0.39, 0.29) is 0 Å². The number of ether oxygens (including phenoxy) is 1. The van der Waals surface area contributed by atoms with Crippen molar-refractivity contribution in [2.75, 3.05) is 7.11 Å². The van der Waals surface area contributed by atoms with Gasteiger partial charge in [-0.1, -0.05) is 32.1 Å². The van der Waals surface area contributed by atoms with Crippen molar-refractivity contribution in [3.63, 3.8) is 0 Å². The van der Waals surface area contributed by atoms with Gasteiger partial charge in [-0.05, 0) is 72.3 Å². The van der Waals surface area contributed by atoms with Crippen molar-refractivity contribution in [2.45, 2.75) is 52.4 Å². The van der Waals surface area contributed by atoms with Gasteiger partial charge in [-0.2, -0.15) is 0 Å². The lowest BCUT2D eigenvalue weighted by atomic mass is 9.49. The summed E-state index contributed by atoms with van der Waals surface area (Å²) in [7, 11) is 1.82. The molecule has 1 heteroatoms. The highest BCUT2D eigenvalue weighted by Gasteiger charge is 2.54. The van der Waals surface area contributed by atoms with Gasteiger partial charge in [-0.15, -0.1) is 0 Å². The quantitative estimate of drug-likeness (QED) is 0.597. The Morgan fingerprint density at radius 1 is 1.14 bits per heavy atom. The summed E-state index contributed by atoms with van der Waals surface area (Å²) >= 11 is 0. The Bertz CT molecular complexity index is 540. The molecule has 5 atom stereocenters. The van der Waals surface area contributed by atoms with E-state index in [1.807, 2.05) is 7.11 Å². The molecule has 4 rings (SSSR count). The van der Waals surface area contributed by atoms with E-state index in [1.165, 1.54) is 37.9 Å². The van der Waals surface area contributed by atoms with Crippen LogP contribution in [0.3, 0.4) is 0 Å². The van der Waals surface area contributed by atoms with Crippen LogP contribution in [-0.2, 0) is 4.74 Å². The minimum atomic E-state index is 0.398. The summed E-state index contributed by atoms with van der Waals surface area (Å²) in [5, 5.41) is 0. The highest BCUT2D eigenvalue weighted by Crippen LogP contribution is 2.62. The highest BCUT2D eigenvalue weighted by molar-refractivity contribution is 5.36. The van der Waals surface area contributed by atoms with Crippen molar-refractivity contribution >= 4 is 0 Å². The lowest BCUT2D eigenvalue weighted by molar-refractivity contribution is -0.00768. The van der Waals surface area contributed by atoms with Crippen LogP contribution in [0.1, 0.15) is 52.4 Å². The minimum Gasteiger partial charge on any atom is -0.501 e. The molecule has 1 nitrogen and oxygen atoms in total. The zero-order chi connectivity index (χ0) is 14.7. The van der Waals surface area contributed by atoms with Crippen molar-refractivity contribution in [2.24, 2.45) is 28.6 Å². The van der Waals surface area contributed by atoms with Crippen LogP contribution in [0.5, 0.6) is 0 Å². The Morgan fingerprint density at radius 2 is 2.00 bits per heavy atom. The topological polar surface area (TPSA) is 9.23 Å². The van der Waals surface area contributed by atoms with Gasteiger partial charge in [0.2, 0.25) is 0 Å². The van der Waals surface area contributed by atoms with Gasteiger partial charge in [0.15, 0.2) is 0 Å². The minimum absolute atomic E-state index is 0.398. The second-order valence-electron chi connectivity index (χ2n) is 8.19. The van der Waals surface area contributed by atoms with Gasteiger partial charge in [0.25, 0.3) is 0 Å². The Labute approximate surface area is 129 Å². The van der Waals surface area contributed by atoms with Crippen LogP contribution < -0.4 is 0 Å². The molecular formula is C20H28O. The zero-order valence-electron chi connectivity index (χ0n) is 13.7. The van der Waals surface area contributed by atoms with Gasteiger partial charge in [0, 0.05) is 6.42 Å². The van der Waals surface area contributed by atoms with Crippen LogP contribution in [-0.4, -0.2) is 7.11 Å². The summed E-state index contributed by atoms with van der Waals surface area (Å²) in [6.45, 7) is 5.03. The van der Waals surface area contributed by atoms with Crippen LogP contribution in [0.2, 0.25) is 0 Å². The molecule has 0 radical (unpaired) electrons. The maximum Gasteiger partial charge on any atom is 0.0958 e. The summed E-state index contributed by atoms with van der Waals surface area (Å²) < 4.78 is 5.52. The molecule has 21 heavy (non-hydrogen) atoms. The van der Waals surface area contributed by atoms with Crippen LogP contribution in [0.25, 0.3) is 0 Å². The smallest absolute Gasteiger partial charge is 0.0958 e. The van der Waals surface area contributed by atoms with E-state index in [0.717, 1.165) is 24.2 Å². The van der Waals surface area contributed by atoms with Crippen molar-refractivity contribution in [3.05, 3.63) is 35.6 Å². The summed E-state index contributed by atoms with van der Waals surface area (Å²) in [4.78, 5) is 0. The molecule has 0 spiro atoms. The fourth-order valence-electron chi connectivity index (χ4n) is 5.94. The van der Waals surface area contributed by atoms with E-state index in [4.69, 9.17) is 4.74 Å². The first-order chi connectivity index (χ1) is 10.1. The monoisotopic (exact) mass is 284 g/mol. The maximum atomic E-state index is 5.52. The summed E-state index contributed by atoms with van der Waals surface area (Å²) in [5.41, 5.74) is 2.46. The van der Waals surface area contributed by atoms with E-state index < -0.39 is 0 Å². The molecule has 1 fully saturated rings. The molecule has 4 aliphatic rings. The normalized spacial score (nSPS) is 47.9. The predicted octanol–water partition coefficient (Wildman–Crippen LogP) is 5.26. The molecule has 1 saturated carbocycles. The second-order valence-corrected chi connectivity index (χ2v) is 8.19. The standard InChI is InChI=1S/C20H28O/c1-19-10-4-5-17(19)16-7-6-14-13-15(21-3)8-12-20(14,2)18(16)9-11-19/h4,6,10,13,16-18H,5,7-9,11-12H2,1-3H3/t16-,17-,18-,19-,20-/m0/s1. The molecule has 0 amide bonds. The molecule has 0 N–H and O–H groups in total. The first kappa shape index (κ1) is 13.7. The van der Waals surface area contributed by atoms with Gasteiger partial charge < -0.3 is 4.74 Å². The number of hydrogen-bond donors (Lipinski definition) is 0. The average molecular weight is 284 g/mol. The molecule has 114 valence electrons. The van der Waals surface area contributed by atoms with Gasteiger partial charge in [0.1, 0.15) is 0 Å². The predicted molar refractivity (Wildman–Crippen MR) is 86.7 cm³/mol. The summed E-state index contributed by atoms with van der Waals surface area (Å²) in [5.74, 6) is 3.84. The van der Waals surface area contributed by atoms with Crippen LogP contribution in [0.15, 0.2) is 35.6 Å². The highest BCUT2D eigenvalue weighted by atomic mass is 16.5. The van der Waals surface area contributed by atoms with Crippen LogP contribution in [0, 0.1) is 28.6 Å². The van der Waals surface area contributed by atoms with Gasteiger partial charge >= 0.3 is 0 Å². The molecular weight excluding hydrogens is 256 g/mol. The number of rotatable bonds is 1. The van der Waals surface area contributed by atoms with Crippen molar-refractivity contribution in [3.8, 4) is 0 Å². The third kappa shape index (κ3) is 1.82. The van der Waals surface area contributed by atoms with E-state index >= 15 is 0 Å². The lowest BCUT2D eigenvalue weighted by Gasteiger charge is -2.56. The molecule has 4 aliphatic carbocycles. The first-order valence-corrected chi connectivity index (χ1v) is 8.70. The molecule has 0 heterocycles. The Balaban J connectivity index is 1.70. The molecule has 0 aromatic heterocycles. The van der Waals surface area contributed by atoms with Crippen LogP contribution >= 0.6 is 0 Å². The SMILES string of the molecule is COC1=CC2=CC[C@H]3[C@@H]4CC=C[C@@]4(C)CC[C@@H]3[C@@]2(C)CC1.